The summed E-state index contributed by atoms with van der Waals surface area (Å²) >= 11 is 3.45. The Hall–Kier alpha value is -0.540. The first-order valence-corrected chi connectivity index (χ1v) is 6.72. The maximum atomic E-state index is 5.63. The number of benzene rings is 1. The molecule has 0 aliphatic rings. The van der Waals surface area contributed by atoms with E-state index in [-0.39, 0.29) is 0 Å². The topological polar surface area (TPSA) is 21.3 Å². The van der Waals surface area contributed by atoms with Gasteiger partial charge < -0.3 is 10.1 Å². The Kier molecular flexibility index (Phi) is 7.26. The van der Waals surface area contributed by atoms with Crippen molar-refractivity contribution in [2.45, 2.75) is 26.2 Å². The summed E-state index contributed by atoms with van der Waals surface area (Å²) in [6, 6.07) is 7.93. The van der Waals surface area contributed by atoms with Crippen LogP contribution < -0.4 is 10.1 Å². The molecule has 90 valence electrons. The van der Waals surface area contributed by atoms with Gasteiger partial charge in [0, 0.05) is 6.54 Å². The summed E-state index contributed by atoms with van der Waals surface area (Å²) in [4.78, 5) is 0. The zero-order valence-electron chi connectivity index (χ0n) is 9.84. The third-order valence-electron chi connectivity index (χ3n) is 2.33. The highest BCUT2D eigenvalue weighted by Crippen LogP contribution is 2.23. The molecule has 0 atom stereocenters. The molecule has 16 heavy (non-hydrogen) atoms. The molecule has 0 saturated heterocycles. The zero-order chi connectivity index (χ0) is 11.6. The quantitative estimate of drug-likeness (QED) is 0.737. The smallest absolute Gasteiger partial charge is 0.133 e. The average molecular weight is 286 g/mol. The molecule has 0 aliphatic heterocycles. The van der Waals surface area contributed by atoms with Crippen LogP contribution in [0.2, 0.25) is 0 Å². The van der Waals surface area contributed by atoms with Crippen LogP contribution >= 0.6 is 15.9 Å². The van der Waals surface area contributed by atoms with E-state index >= 15 is 0 Å². The Balaban J connectivity index is 2.05. The predicted octanol–water partition coefficient (Wildman–Crippen LogP) is 3.61. The van der Waals surface area contributed by atoms with Crippen molar-refractivity contribution in [2.24, 2.45) is 0 Å². The number of unbranched alkanes of at least 4 members (excludes halogenated alkanes) is 2. The van der Waals surface area contributed by atoms with E-state index in [2.05, 4.69) is 28.2 Å². The van der Waals surface area contributed by atoms with Crippen LogP contribution in [0.5, 0.6) is 5.75 Å². The number of hydrogen-bond acceptors (Lipinski definition) is 2. The molecule has 0 saturated carbocycles. The first-order chi connectivity index (χ1) is 7.84. The second kappa shape index (κ2) is 8.59. The fourth-order valence-electron chi connectivity index (χ4n) is 1.42. The third-order valence-corrected chi connectivity index (χ3v) is 2.99. The summed E-state index contributed by atoms with van der Waals surface area (Å²) in [6.45, 7) is 4.93. The lowest BCUT2D eigenvalue weighted by Gasteiger charge is -2.08. The molecule has 0 amide bonds. The monoisotopic (exact) mass is 285 g/mol. The zero-order valence-corrected chi connectivity index (χ0v) is 11.4. The molecule has 0 fully saturated rings. The van der Waals surface area contributed by atoms with E-state index in [9.17, 15) is 0 Å². The maximum absolute atomic E-state index is 5.63. The van der Waals surface area contributed by atoms with Gasteiger partial charge in [0.05, 0.1) is 4.47 Å². The highest BCUT2D eigenvalue weighted by molar-refractivity contribution is 9.10. The lowest BCUT2D eigenvalue weighted by atomic mass is 10.2. The Bertz CT molecular complexity index is 291. The van der Waals surface area contributed by atoms with Crippen LogP contribution in [0.15, 0.2) is 28.7 Å². The molecule has 0 radical (unpaired) electrons. The summed E-state index contributed by atoms with van der Waals surface area (Å²) in [7, 11) is 0. The van der Waals surface area contributed by atoms with Crippen LogP contribution in [0.25, 0.3) is 0 Å². The van der Waals surface area contributed by atoms with Gasteiger partial charge in [0.25, 0.3) is 0 Å². The molecule has 3 heteroatoms. The van der Waals surface area contributed by atoms with Crippen molar-refractivity contribution in [3.63, 3.8) is 0 Å². The van der Waals surface area contributed by atoms with Crippen molar-refractivity contribution < 1.29 is 4.74 Å². The standard InChI is InChI=1S/C13H20BrNO/c1-2-3-6-9-15-10-11-16-13-8-5-4-7-12(13)14/h4-5,7-8,15H,2-3,6,9-11H2,1H3. The molecule has 0 unspecified atom stereocenters. The van der Waals surface area contributed by atoms with Crippen molar-refractivity contribution in [1.29, 1.82) is 0 Å². The van der Waals surface area contributed by atoms with Crippen LogP contribution in [0, 0.1) is 0 Å². The van der Waals surface area contributed by atoms with Gasteiger partial charge in [0.2, 0.25) is 0 Å². The second-order valence-electron chi connectivity index (χ2n) is 3.74. The van der Waals surface area contributed by atoms with Gasteiger partial charge in [-0.25, -0.2) is 0 Å². The Labute approximate surface area is 107 Å². The largest absolute Gasteiger partial charge is 0.491 e. The van der Waals surface area contributed by atoms with Crippen molar-refractivity contribution in [3.05, 3.63) is 28.7 Å². The molecule has 1 rings (SSSR count). The molecular formula is C13H20BrNO. The molecule has 0 aromatic heterocycles. The minimum absolute atomic E-state index is 0.717. The molecule has 1 N–H and O–H groups in total. The molecule has 1 aromatic rings. The highest BCUT2D eigenvalue weighted by atomic mass is 79.9. The Morgan fingerprint density at radius 1 is 1.19 bits per heavy atom. The first kappa shape index (κ1) is 13.5. The van der Waals surface area contributed by atoms with Crippen LogP contribution in [0.3, 0.4) is 0 Å². The summed E-state index contributed by atoms with van der Waals surface area (Å²) < 4.78 is 6.65. The number of nitrogens with one attached hydrogen (secondary N) is 1. The fraction of sp³-hybridized carbons (Fsp3) is 0.538. The van der Waals surface area contributed by atoms with Crippen LogP contribution in [-0.4, -0.2) is 19.7 Å². The van der Waals surface area contributed by atoms with Gasteiger partial charge in [-0.1, -0.05) is 31.9 Å². The third kappa shape index (κ3) is 5.52. The first-order valence-electron chi connectivity index (χ1n) is 5.92. The minimum Gasteiger partial charge on any atom is -0.491 e. The lowest BCUT2D eigenvalue weighted by molar-refractivity contribution is 0.312. The van der Waals surface area contributed by atoms with Gasteiger partial charge in [-0.2, -0.15) is 0 Å². The molecular weight excluding hydrogens is 266 g/mol. The summed E-state index contributed by atoms with van der Waals surface area (Å²) in [5.41, 5.74) is 0. The van der Waals surface area contributed by atoms with E-state index in [1.165, 1.54) is 19.3 Å². The highest BCUT2D eigenvalue weighted by Gasteiger charge is 1.97. The Morgan fingerprint density at radius 3 is 2.75 bits per heavy atom. The molecule has 0 aliphatic carbocycles. The fourth-order valence-corrected chi connectivity index (χ4v) is 1.82. The van der Waals surface area contributed by atoms with E-state index in [1.807, 2.05) is 24.3 Å². The summed E-state index contributed by atoms with van der Waals surface area (Å²) in [5, 5.41) is 3.37. The summed E-state index contributed by atoms with van der Waals surface area (Å²) in [6.07, 6.45) is 3.83. The number of hydrogen-bond donors (Lipinski definition) is 1. The van der Waals surface area contributed by atoms with E-state index in [0.29, 0.717) is 0 Å². The van der Waals surface area contributed by atoms with Crippen molar-refractivity contribution >= 4 is 15.9 Å². The van der Waals surface area contributed by atoms with E-state index in [4.69, 9.17) is 4.74 Å². The van der Waals surface area contributed by atoms with Crippen molar-refractivity contribution in [1.82, 2.24) is 5.32 Å². The van der Waals surface area contributed by atoms with Gasteiger partial charge in [-0.15, -0.1) is 0 Å². The Morgan fingerprint density at radius 2 is 2.00 bits per heavy atom. The molecule has 2 nitrogen and oxygen atoms in total. The predicted molar refractivity (Wildman–Crippen MR) is 72.0 cm³/mol. The normalized spacial score (nSPS) is 10.4. The van der Waals surface area contributed by atoms with Crippen LogP contribution in [0.4, 0.5) is 0 Å². The van der Waals surface area contributed by atoms with Gasteiger partial charge >= 0.3 is 0 Å². The molecule has 1 aromatic carbocycles. The minimum atomic E-state index is 0.717. The van der Waals surface area contributed by atoms with Gasteiger partial charge in [0.15, 0.2) is 0 Å². The second-order valence-corrected chi connectivity index (χ2v) is 4.59. The SMILES string of the molecule is CCCCCNCCOc1ccccc1Br. The van der Waals surface area contributed by atoms with Gasteiger partial charge in [-0.3, -0.25) is 0 Å². The van der Waals surface area contributed by atoms with Crippen molar-refractivity contribution in [3.8, 4) is 5.75 Å². The summed E-state index contributed by atoms with van der Waals surface area (Å²) in [5.74, 6) is 0.915. The maximum Gasteiger partial charge on any atom is 0.133 e. The molecule has 0 bridgehead atoms. The number of para-hydroxylation sites is 1. The van der Waals surface area contributed by atoms with E-state index in [1.54, 1.807) is 0 Å². The number of halogens is 1. The molecule has 0 spiro atoms. The van der Waals surface area contributed by atoms with Crippen LogP contribution in [0.1, 0.15) is 26.2 Å². The number of rotatable bonds is 8. The van der Waals surface area contributed by atoms with Crippen molar-refractivity contribution in [2.75, 3.05) is 19.7 Å². The van der Waals surface area contributed by atoms with E-state index in [0.717, 1.165) is 29.9 Å². The van der Waals surface area contributed by atoms with Crippen LogP contribution in [-0.2, 0) is 0 Å². The average Bonchev–Trinajstić information content (AvgIpc) is 2.30. The lowest BCUT2D eigenvalue weighted by Crippen LogP contribution is -2.22. The van der Waals surface area contributed by atoms with Gasteiger partial charge in [0.1, 0.15) is 12.4 Å². The number of ether oxygens (including phenoxy) is 1. The van der Waals surface area contributed by atoms with E-state index < -0.39 is 0 Å². The molecule has 0 heterocycles. The van der Waals surface area contributed by atoms with Gasteiger partial charge in [-0.05, 0) is 41.0 Å².